The van der Waals surface area contributed by atoms with E-state index in [0.29, 0.717) is 31.9 Å². The van der Waals surface area contributed by atoms with Gasteiger partial charge < -0.3 is 15.2 Å². The molecule has 0 aromatic heterocycles. The molecule has 1 unspecified atom stereocenters. The second-order valence-electron chi connectivity index (χ2n) is 5.00. The molecule has 0 aliphatic rings. The van der Waals surface area contributed by atoms with Crippen molar-refractivity contribution in [1.82, 2.24) is 5.32 Å². The van der Waals surface area contributed by atoms with E-state index in [0.717, 1.165) is 5.75 Å². The molecule has 19 heavy (non-hydrogen) atoms. The average molecular weight is 265 g/mol. The van der Waals surface area contributed by atoms with E-state index in [1.807, 2.05) is 44.2 Å². The molecule has 0 radical (unpaired) electrons. The summed E-state index contributed by atoms with van der Waals surface area (Å²) >= 11 is 0. The summed E-state index contributed by atoms with van der Waals surface area (Å²) < 4.78 is 5.42. The third-order valence-corrected chi connectivity index (χ3v) is 2.62. The molecule has 0 aliphatic carbocycles. The summed E-state index contributed by atoms with van der Waals surface area (Å²) in [6.45, 7) is 4.73. The number of aliphatic hydroxyl groups is 1. The van der Waals surface area contributed by atoms with Gasteiger partial charge in [0.05, 0.1) is 19.1 Å². The van der Waals surface area contributed by atoms with Crippen LogP contribution in [0.5, 0.6) is 5.75 Å². The highest BCUT2D eigenvalue weighted by Gasteiger charge is 2.09. The molecular formula is C15H23NO3. The van der Waals surface area contributed by atoms with Gasteiger partial charge in [0.2, 0.25) is 5.91 Å². The van der Waals surface area contributed by atoms with Gasteiger partial charge in [-0.15, -0.1) is 0 Å². The Morgan fingerprint density at radius 1 is 1.32 bits per heavy atom. The Bertz CT molecular complexity index is 365. The first kappa shape index (κ1) is 15.5. The molecular weight excluding hydrogens is 242 g/mol. The van der Waals surface area contributed by atoms with Gasteiger partial charge in [-0.1, -0.05) is 32.0 Å². The fraction of sp³-hybridized carbons (Fsp3) is 0.533. The summed E-state index contributed by atoms with van der Waals surface area (Å²) in [5.74, 6) is 1.09. The summed E-state index contributed by atoms with van der Waals surface area (Å²) in [5, 5.41) is 12.3. The molecule has 0 spiro atoms. The van der Waals surface area contributed by atoms with Crippen molar-refractivity contribution in [3.63, 3.8) is 0 Å². The first-order valence-electron chi connectivity index (χ1n) is 6.70. The number of aliphatic hydroxyl groups excluding tert-OH is 1. The summed E-state index contributed by atoms with van der Waals surface area (Å²) in [7, 11) is 0. The Morgan fingerprint density at radius 2 is 2.00 bits per heavy atom. The smallest absolute Gasteiger partial charge is 0.223 e. The molecule has 0 saturated heterocycles. The van der Waals surface area contributed by atoms with Crippen LogP contribution in [0, 0.1) is 5.92 Å². The van der Waals surface area contributed by atoms with Crippen molar-refractivity contribution >= 4 is 5.91 Å². The van der Waals surface area contributed by atoms with E-state index in [2.05, 4.69) is 5.32 Å². The quantitative estimate of drug-likeness (QED) is 0.755. The van der Waals surface area contributed by atoms with E-state index >= 15 is 0 Å². The lowest BCUT2D eigenvalue weighted by Crippen LogP contribution is -2.33. The normalized spacial score (nSPS) is 12.2. The van der Waals surface area contributed by atoms with Gasteiger partial charge in [0.1, 0.15) is 5.75 Å². The minimum Gasteiger partial charge on any atom is -0.493 e. The van der Waals surface area contributed by atoms with Crippen molar-refractivity contribution in [2.75, 3.05) is 13.2 Å². The Balaban J connectivity index is 2.11. The molecule has 1 atom stereocenters. The molecule has 4 heteroatoms. The lowest BCUT2D eigenvalue weighted by molar-refractivity contribution is -0.122. The molecule has 0 aliphatic heterocycles. The summed E-state index contributed by atoms with van der Waals surface area (Å²) in [6, 6.07) is 9.39. The predicted molar refractivity (Wildman–Crippen MR) is 75.0 cm³/mol. The van der Waals surface area contributed by atoms with Crippen LogP contribution < -0.4 is 10.1 Å². The zero-order chi connectivity index (χ0) is 14.1. The van der Waals surface area contributed by atoms with Crippen LogP contribution >= 0.6 is 0 Å². The van der Waals surface area contributed by atoms with Crippen LogP contribution in [0.2, 0.25) is 0 Å². The highest BCUT2D eigenvalue weighted by atomic mass is 16.5. The highest BCUT2D eigenvalue weighted by molar-refractivity contribution is 5.76. The van der Waals surface area contributed by atoms with Gasteiger partial charge >= 0.3 is 0 Å². The van der Waals surface area contributed by atoms with E-state index in [1.165, 1.54) is 0 Å². The molecule has 1 aromatic carbocycles. The van der Waals surface area contributed by atoms with Crippen LogP contribution in [0.3, 0.4) is 0 Å². The van der Waals surface area contributed by atoms with Crippen molar-refractivity contribution < 1.29 is 14.6 Å². The number of ether oxygens (including phenoxy) is 1. The number of rotatable bonds is 8. The molecule has 0 fully saturated rings. The topological polar surface area (TPSA) is 58.6 Å². The molecule has 0 heterocycles. The second-order valence-corrected chi connectivity index (χ2v) is 5.00. The first-order valence-corrected chi connectivity index (χ1v) is 6.70. The molecule has 2 N–H and O–H groups in total. The molecule has 0 bridgehead atoms. The van der Waals surface area contributed by atoms with Crippen LogP contribution in [0.1, 0.15) is 26.7 Å². The Labute approximate surface area is 114 Å². The number of carbonyl (C=O) groups is 1. The van der Waals surface area contributed by atoms with Crippen molar-refractivity contribution in [3.05, 3.63) is 30.3 Å². The Kier molecular flexibility index (Phi) is 6.97. The summed E-state index contributed by atoms with van der Waals surface area (Å²) in [5.41, 5.74) is 0. The fourth-order valence-corrected chi connectivity index (χ4v) is 1.73. The van der Waals surface area contributed by atoms with E-state index in [-0.39, 0.29) is 5.91 Å². The number of hydrogen-bond acceptors (Lipinski definition) is 3. The number of nitrogens with one attached hydrogen (secondary N) is 1. The Hall–Kier alpha value is -1.55. The number of benzene rings is 1. The predicted octanol–water partition coefficient (Wildman–Crippen LogP) is 1.98. The summed E-state index contributed by atoms with van der Waals surface area (Å²) in [6.07, 6.45) is 0.517. The second kappa shape index (κ2) is 8.53. The van der Waals surface area contributed by atoms with Crippen molar-refractivity contribution in [3.8, 4) is 5.75 Å². The highest BCUT2D eigenvalue weighted by Crippen LogP contribution is 2.08. The maximum Gasteiger partial charge on any atom is 0.223 e. The van der Waals surface area contributed by atoms with Crippen molar-refractivity contribution in [2.45, 2.75) is 32.8 Å². The molecule has 1 rings (SSSR count). The standard InChI is InChI=1S/C15H23NO3/c1-12(2)10-13(17)11-16-15(18)8-9-19-14-6-4-3-5-7-14/h3-7,12-13,17H,8-11H2,1-2H3,(H,16,18). The van der Waals surface area contributed by atoms with Crippen LogP contribution in [-0.4, -0.2) is 30.3 Å². The van der Waals surface area contributed by atoms with E-state index < -0.39 is 6.10 Å². The molecule has 1 amide bonds. The third-order valence-electron chi connectivity index (χ3n) is 2.62. The summed E-state index contributed by atoms with van der Waals surface area (Å²) in [4.78, 5) is 11.5. The number of carbonyl (C=O) groups excluding carboxylic acids is 1. The SMILES string of the molecule is CC(C)CC(O)CNC(=O)CCOc1ccccc1. The molecule has 4 nitrogen and oxygen atoms in total. The van der Waals surface area contributed by atoms with E-state index in [4.69, 9.17) is 4.74 Å². The van der Waals surface area contributed by atoms with Gasteiger partial charge in [0.15, 0.2) is 0 Å². The van der Waals surface area contributed by atoms with Gasteiger partial charge in [-0.25, -0.2) is 0 Å². The average Bonchev–Trinajstić information content (AvgIpc) is 2.37. The fourth-order valence-electron chi connectivity index (χ4n) is 1.73. The van der Waals surface area contributed by atoms with E-state index in [9.17, 15) is 9.90 Å². The molecule has 106 valence electrons. The van der Waals surface area contributed by atoms with Gasteiger partial charge in [0.25, 0.3) is 0 Å². The van der Waals surface area contributed by atoms with E-state index in [1.54, 1.807) is 0 Å². The van der Waals surface area contributed by atoms with Gasteiger partial charge in [-0.2, -0.15) is 0 Å². The first-order chi connectivity index (χ1) is 9.08. The van der Waals surface area contributed by atoms with Gasteiger partial charge in [0, 0.05) is 6.54 Å². The zero-order valence-electron chi connectivity index (χ0n) is 11.6. The lowest BCUT2D eigenvalue weighted by Gasteiger charge is -2.14. The van der Waals surface area contributed by atoms with Crippen LogP contribution in [0.15, 0.2) is 30.3 Å². The van der Waals surface area contributed by atoms with Gasteiger partial charge in [-0.05, 0) is 24.5 Å². The minimum absolute atomic E-state index is 0.0984. The van der Waals surface area contributed by atoms with Crippen molar-refractivity contribution in [1.29, 1.82) is 0 Å². The lowest BCUT2D eigenvalue weighted by atomic mass is 10.1. The van der Waals surface area contributed by atoms with Crippen LogP contribution in [0.4, 0.5) is 0 Å². The van der Waals surface area contributed by atoms with Crippen molar-refractivity contribution in [2.24, 2.45) is 5.92 Å². The monoisotopic (exact) mass is 265 g/mol. The molecule has 0 saturated carbocycles. The number of hydrogen-bond donors (Lipinski definition) is 2. The number of amides is 1. The van der Waals surface area contributed by atoms with Crippen LogP contribution in [-0.2, 0) is 4.79 Å². The van der Waals surface area contributed by atoms with Crippen LogP contribution in [0.25, 0.3) is 0 Å². The van der Waals surface area contributed by atoms with Gasteiger partial charge in [-0.3, -0.25) is 4.79 Å². The maximum atomic E-state index is 11.5. The minimum atomic E-state index is -0.473. The Morgan fingerprint density at radius 3 is 2.63 bits per heavy atom. The molecule has 1 aromatic rings. The zero-order valence-corrected chi connectivity index (χ0v) is 11.6. The maximum absolute atomic E-state index is 11.5. The number of para-hydroxylation sites is 1. The third kappa shape index (κ3) is 7.47. The largest absolute Gasteiger partial charge is 0.493 e.